The van der Waals surface area contributed by atoms with E-state index in [1.54, 1.807) is 18.2 Å². The summed E-state index contributed by atoms with van der Waals surface area (Å²) in [5.41, 5.74) is 0.360. The summed E-state index contributed by atoms with van der Waals surface area (Å²) < 4.78 is 10.1. The molecule has 0 bridgehead atoms. The number of amides is 3. The molecule has 2 aliphatic heterocycles. The molecule has 9 nitrogen and oxygen atoms in total. The van der Waals surface area contributed by atoms with Gasteiger partial charge in [-0.15, -0.1) is 0 Å². The van der Waals surface area contributed by atoms with Crippen molar-refractivity contribution in [1.82, 2.24) is 16.0 Å². The number of rotatable bonds is 13. The molecule has 3 atom stereocenters. The standard InChI is InChI=1S/C23H31N3O6S/c1-31-22(29)15-6-4-8-17(12-15)32-13-16(27)7-5-11-24-20(28)10-3-2-9-19-21-18(14-33-19)25-23(30)26-21/h4,6,8,12,18-19,21H,2-3,5,7,9-11,13-14H2,1H3,(H,24,28)(H2,25,26,30)/t18-,19-,21-/m0/s1. The fourth-order valence-electron chi connectivity index (χ4n) is 3.94. The normalized spacial score (nSPS) is 21.0. The van der Waals surface area contributed by atoms with Gasteiger partial charge in [0.2, 0.25) is 5.91 Å². The van der Waals surface area contributed by atoms with E-state index in [2.05, 4.69) is 20.7 Å². The zero-order valence-corrected chi connectivity index (χ0v) is 19.6. The predicted molar refractivity (Wildman–Crippen MR) is 124 cm³/mol. The smallest absolute Gasteiger partial charge is 0.337 e. The first-order chi connectivity index (χ1) is 16.0. The quantitative estimate of drug-likeness (QED) is 0.226. The number of thioether (sulfide) groups is 1. The molecule has 2 heterocycles. The van der Waals surface area contributed by atoms with Crippen LogP contribution in [-0.2, 0) is 14.3 Å². The first-order valence-electron chi connectivity index (χ1n) is 11.2. The summed E-state index contributed by atoms with van der Waals surface area (Å²) in [6, 6.07) is 6.83. The Morgan fingerprint density at radius 2 is 2.00 bits per heavy atom. The Morgan fingerprint density at radius 3 is 2.82 bits per heavy atom. The fraction of sp³-hybridized carbons (Fsp3) is 0.565. The van der Waals surface area contributed by atoms with Crippen molar-refractivity contribution in [1.29, 1.82) is 0 Å². The van der Waals surface area contributed by atoms with E-state index < -0.39 is 5.97 Å². The second-order valence-electron chi connectivity index (χ2n) is 8.17. The maximum atomic E-state index is 12.0. The number of methoxy groups -OCH3 is 1. The molecule has 0 radical (unpaired) electrons. The molecule has 1 aromatic carbocycles. The Hall–Kier alpha value is -2.75. The van der Waals surface area contributed by atoms with Gasteiger partial charge in [0.25, 0.3) is 0 Å². The van der Waals surface area contributed by atoms with E-state index in [9.17, 15) is 19.2 Å². The highest BCUT2D eigenvalue weighted by atomic mass is 32.2. The van der Waals surface area contributed by atoms with Crippen LogP contribution in [0, 0.1) is 0 Å². The first-order valence-corrected chi connectivity index (χ1v) is 12.3. The van der Waals surface area contributed by atoms with Crippen molar-refractivity contribution in [3.8, 4) is 5.75 Å². The van der Waals surface area contributed by atoms with Gasteiger partial charge in [0.1, 0.15) is 12.4 Å². The fourth-order valence-corrected chi connectivity index (χ4v) is 5.49. The molecule has 2 aliphatic rings. The monoisotopic (exact) mass is 477 g/mol. The van der Waals surface area contributed by atoms with Gasteiger partial charge in [-0.2, -0.15) is 11.8 Å². The van der Waals surface area contributed by atoms with Crippen LogP contribution in [0.1, 0.15) is 48.9 Å². The topological polar surface area (TPSA) is 123 Å². The number of Topliss-reactive ketones (excluding diaryl/α,β-unsaturated/α-hetero) is 1. The molecule has 2 fully saturated rings. The number of esters is 1. The number of hydrogen-bond donors (Lipinski definition) is 3. The molecule has 0 spiro atoms. The highest BCUT2D eigenvalue weighted by molar-refractivity contribution is 8.00. The number of unbranched alkanes of at least 4 members (excludes halogenated alkanes) is 1. The van der Waals surface area contributed by atoms with Crippen LogP contribution in [0.2, 0.25) is 0 Å². The zero-order chi connectivity index (χ0) is 23.6. The van der Waals surface area contributed by atoms with E-state index in [0.717, 1.165) is 25.0 Å². The Balaban J connectivity index is 1.21. The lowest BCUT2D eigenvalue weighted by atomic mass is 10.0. The Bertz CT molecular complexity index is 864. The molecule has 180 valence electrons. The highest BCUT2D eigenvalue weighted by Crippen LogP contribution is 2.33. The van der Waals surface area contributed by atoms with Gasteiger partial charge in [0.15, 0.2) is 5.78 Å². The molecule has 0 aliphatic carbocycles. The molecule has 0 saturated carbocycles. The highest BCUT2D eigenvalue weighted by Gasteiger charge is 2.42. The minimum absolute atomic E-state index is 0.00823. The summed E-state index contributed by atoms with van der Waals surface area (Å²) in [5, 5.41) is 9.18. The lowest BCUT2D eigenvalue weighted by Crippen LogP contribution is -2.36. The first kappa shape index (κ1) is 24.9. The van der Waals surface area contributed by atoms with Gasteiger partial charge in [0.05, 0.1) is 24.8 Å². The van der Waals surface area contributed by atoms with Crippen molar-refractivity contribution >= 4 is 35.5 Å². The number of carbonyl (C=O) groups is 4. The Labute approximate surface area is 197 Å². The van der Waals surface area contributed by atoms with E-state index in [-0.39, 0.29) is 36.4 Å². The third-order valence-electron chi connectivity index (χ3n) is 5.69. The number of ketones is 1. The van der Waals surface area contributed by atoms with Crippen LogP contribution in [0.15, 0.2) is 24.3 Å². The maximum absolute atomic E-state index is 12.0. The van der Waals surface area contributed by atoms with E-state index in [1.165, 1.54) is 13.2 Å². The van der Waals surface area contributed by atoms with Gasteiger partial charge >= 0.3 is 12.0 Å². The van der Waals surface area contributed by atoms with E-state index in [4.69, 9.17) is 4.74 Å². The summed E-state index contributed by atoms with van der Waals surface area (Å²) in [4.78, 5) is 46.9. The average Bonchev–Trinajstić information content (AvgIpc) is 3.37. The van der Waals surface area contributed by atoms with Crippen molar-refractivity contribution in [3.05, 3.63) is 29.8 Å². The van der Waals surface area contributed by atoms with Crippen LogP contribution < -0.4 is 20.7 Å². The van der Waals surface area contributed by atoms with Gasteiger partial charge in [-0.3, -0.25) is 9.59 Å². The third-order valence-corrected chi connectivity index (χ3v) is 7.20. The Morgan fingerprint density at radius 1 is 1.15 bits per heavy atom. The number of nitrogens with one attached hydrogen (secondary N) is 3. The van der Waals surface area contributed by atoms with E-state index in [0.29, 0.717) is 42.4 Å². The molecule has 3 rings (SSSR count). The molecule has 0 aromatic heterocycles. The average molecular weight is 478 g/mol. The predicted octanol–water partition coefficient (Wildman–Crippen LogP) is 2.04. The van der Waals surface area contributed by atoms with E-state index >= 15 is 0 Å². The van der Waals surface area contributed by atoms with Crippen LogP contribution >= 0.6 is 11.8 Å². The molecule has 2 saturated heterocycles. The minimum atomic E-state index is -0.465. The van der Waals surface area contributed by atoms with Crippen molar-refractivity contribution in [3.63, 3.8) is 0 Å². The van der Waals surface area contributed by atoms with Gasteiger partial charge in [0, 0.05) is 30.4 Å². The van der Waals surface area contributed by atoms with Crippen LogP contribution in [-0.4, -0.2) is 67.0 Å². The zero-order valence-electron chi connectivity index (χ0n) is 18.8. The number of urea groups is 1. The number of hydrogen-bond acceptors (Lipinski definition) is 7. The molecule has 0 unspecified atom stereocenters. The molecule has 3 N–H and O–H groups in total. The second kappa shape index (κ2) is 12.5. The number of benzene rings is 1. The number of carbonyl (C=O) groups excluding carboxylic acids is 4. The van der Waals surface area contributed by atoms with Crippen molar-refractivity contribution < 1.29 is 28.7 Å². The largest absolute Gasteiger partial charge is 0.486 e. The number of fused-ring (bicyclic) bond motifs is 1. The van der Waals surface area contributed by atoms with Gasteiger partial charge in [-0.05, 0) is 37.5 Å². The molecule has 3 amide bonds. The summed E-state index contributed by atoms with van der Waals surface area (Å²) >= 11 is 1.88. The third kappa shape index (κ3) is 7.66. The minimum Gasteiger partial charge on any atom is -0.486 e. The molecular weight excluding hydrogens is 446 g/mol. The summed E-state index contributed by atoms with van der Waals surface area (Å²) in [6.45, 7) is 0.359. The van der Waals surface area contributed by atoms with Crippen molar-refractivity contribution in [2.45, 2.75) is 55.9 Å². The SMILES string of the molecule is COC(=O)c1cccc(OCC(=O)CCCNC(=O)CCCC[C@@H]2SC[C@@H]3NC(=O)N[C@@H]32)c1. The van der Waals surface area contributed by atoms with Crippen LogP contribution in [0.5, 0.6) is 5.75 Å². The molecule has 33 heavy (non-hydrogen) atoms. The van der Waals surface area contributed by atoms with Gasteiger partial charge in [-0.25, -0.2) is 9.59 Å². The lowest BCUT2D eigenvalue weighted by Gasteiger charge is -2.16. The van der Waals surface area contributed by atoms with Gasteiger partial charge < -0.3 is 25.4 Å². The van der Waals surface area contributed by atoms with Crippen LogP contribution in [0.25, 0.3) is 0 Å². The van der Waals surface area contributed by atoms with E-state index in [1.807, 2.05) is 11.8 Å². The van der Waals surface area contributed by atoms with Crippen LogP contribution in [0.3, 0.4) is 0 Å². The summed E-state index contributed by atoms with van der Waals surface area (Å²) in [7, 11) is 1.30. The van der Waals surface area contributed by atoms with Crippen molar-refractivity contribution in [2.75, 3.05) is 26.0 Å². The summed E-state index contributed by atoms with van der Waals surface area (Å²) in [5.74, 6) is 0.823. The maximum Gasteiger partial charge on any atom is 0.337 e. The van der Waals surface area contributed by atoms with Crippen LogP contribution in [0.4, 0.5) is 4.79 Å². The molecule has 10 heteroatoms. The molecular formula is C23H31N3O6S. The van der Waals surface area contributed by atoms with Gasteiger partial charge in [-0.1, -0.05) is 12.5 Å². The second-order valence-corrected chi connectivity index (χ2v) is 9.44. The lowest BCUT2D eigenvalue weighted by molar-refractivity contribution is -0.122. The number of ether oxygens (including phenoxy) is 2. The Kier molecular flexibility index (Phi) is 9.41. The van der Waals surface area contributed by atoms with Crippen molar-refractivity contribution in [2.24, 2.45) is 0 Å². The molecule has 1 aromatic rings. The summed E-state index contributed by atoms with van der Waals surface area (Å²) in [6.07, 6.45) is 4.04.